The highest BCUT2D eigenvalue weighted by molar-refractivity contribution is 7.16. The lowest BCUT2D eigenvalue weighted by molar-refractivity contribution is 0.0904. The minimum absolute atomic E-state index is 0.254. The van der Waals surface area contributed by atoms with Gasteiger partial charge < -0.3 is 5.11 Å². The van der Waals surface area contributed by atoms with Crippen molar-refractivity contribution in [3.8, 4) is 0 Å². The zero-order chi connectivity index (χ0) is 9.26. The Balaban J connectivity index is 2.54. The molecule has 0 unspecified atom stereocenters. The molecule has 0 aliphatic rings. The maximum absolute atomic E-state index is 11.1. The maximum Gasteiger partial charge on any atom is 0.188 e. The molecule has 0 fully saturated rings. The van der Waals surface area contributed by atoms with Crippen molar-refractivity contribution in [2.24, 2.45) is 0 Å². The van der Waals surface area contributed by atoms with Crippen molar-refractivity contribution in [1.29, 1.82) is 0 Å². The predicted octanol–water partition coefficient (Wildman–Crippen LogP) is 1.47. The summed E-state index contributed by atoms with van der Waals surface area (Å²) in [7, 11) is 0. The second kappa shape index (κ2) is 3.24. The van der Waals surface area contributed by atoms with Gasteiger partial charge in [0.2, 0.25) is 0 Å². The number of carbonyl (C=O) groups is 1. The normalized spacial score (nSPS) is 10.5. The van der Waals surface area contributed by atoms with E-state index in [-0.39, 0.29) is 5.78 Å². The van der Waals surface area contributed by atoms with Crippen LogP contribution in [0.15, 0.2) is 23.7 Å². The number of fused-ring (bicyclic) bond motifs is 1. The Bertz CT molecular complexity index is 450. The second-order valence-electron chi connectivity index (χ2n) is 2.62. The van der Waals surface area contributed by atoms with E-state index < -0.39 is 6.61 Å². The van der Waals surface area contributed by atoms with Gasteiger partial charge in [-0.25, -0.2) is 4.98 Å². The van der Waals surface area contributed by atoms with E-state index in [1.165, 1.54) is 11.3 Å². The van der Waals surface area contributed by atoms with Gasteiger partial charge in [0.25, 0.3) is 0 Å². The van der Waals surface area contributed by atoms with Crippen LogP contribution >= 0.6 is 11.3 Å². The number of ketones is 1. The van der Waals surface area contributed by atoms with E-state index in [0.717, 1.165) is 10.2 Å². The van der Waals surface area contributed by atoms with Gasteiger partial charge in [0, 0.05) is 5.56 Å². The van der Waals surface area contributed by atoms with Gasteiger partial charge in [-0.1, -0.05) is 0 Å². The van der Waals surface area contributed by atoms with E-state index in [9.17, 15) is 4.79 Å². The smallest absolute Gasteiger partial charge is 0.188 e. The number of Topliss-reactive ketones (excluding diaryl/α,β-unsaturated/α-hetero) is 1. The van der Waals surface area contributed by atoms with Crippen LogP contribution in [0, 0.1) is 0 Å². The van der Waals surface area contributed by atoms with Crippen LogP contribution in [-0.2, 0) is 0 Å². The standard InChI is InChI=1S/C9H7NO2S/c11-4-8(12)6-1-2-7-9(3-6)13-5-10-7/h1-3,5,11H,4H2. The summed E-state index contributed by atoms with van der Waals surface area (Å²) in [4.78, 5) is 15.2. The lowest BCUT2D eigenvalue weighted by Crippen LogP contribution is -2.03. The third kappa shape index (κ3) is 1.46. The predicted molar refractivity (Wildman–Crippen MR) is 51.0 cm³/mol. The molecule has 0 saturated carbocycles. The Kier molecular flexibility index (Phi) is 2.08. The van der Waals surface area contributed by atoms with Gasteiger partial charge in [0.05, 0.1) is 15.7 Å². The van der Waals surface area contributed by atoms with E-state index in [2.05, 4.69) is 4.98 Å². The topological polar surface area (TPSA) is 50.2 Å². The molecule has 1 N–H and O–H groups in total. The first-order chi connectivity index (χ1) is 6.31. The van der Waals surface area contributed by atoms with Crippen molar-refractivity contribution in [1.82, 2.24) is 4.98 Å². The molecule has 0 atom stereocenters. The summed E-state index contributed by atoms with van der Waals surface area (Å²) in [5.41, 5.74) is 3.16. The lowest BCUT2D eigenvalue weighted by Gasteiger charge is -1.95. The molecule has 0 spiro atoms. The Morgan fingerprint density at radius 2 is 2.38 bits per heavy atom. The van der Waals surface area contributed by atoms with E-state index >= 15 is 0 Å². The minimum atomic E-state index is -0.440. The highest BCUT2D eigenvalue weighted by Crippen LogP contribution is 2.19. The van der Waals surface area contributed by atoms with Gasteiger partial charge in [-0.3, -0.25) is 4.79 Å². The van der Waals surface area contributed by atoms with E-state index in [1.54, 1.807) is 23.7 Å². The SMILES string of the molecule is O=C(CO)c1ccc2ncsc2c1. The molecule has 2 rings (SSSR count). The quantitative estimate of drug-likeness (QED) is 0.735. The maximum atomic E-state index is 11.1. The van der Waals surface area contributed by atoms with Crippen molar-refractivity contribution in [3.63, 3.8) is 0 Å². The zero-order valence-corrected chi connectivity index (χ0v) is 7.54. The van der Waals surface area contributed by atoms with Crippen LogP contribution in [0.1, 0.15) is 10.4 Å². The number of aliphatic hydroxyl groups excluding tert-OH is 1. The molecule has 0 aliphatic carbocycles. The summed E-state index contributed by atoms with van der Waals surface area (Å²) >= 11 is 1.48. The number of rotatable bonds is 2. The molecule has 3 nitrogen and oxygen atoms in total. The molecular formula is C9H7NO2S. The average molecular weight is 193 g/mol. The molecule has 13 heavy (non-hydrogen) atoms. The van der Waals surface area contributed by atoms with Crippen LogP contribution in [0.4, 0.5) is 0 Å². The molecule has 4 heteroatoms. The van der Waals surface area contributed by atoms with Crippen molar-refractivity contribution >= 4 is 27.3 Å². The van der Waals surface area contributed by atoms with Crippen molar-refractivity contribution in [2.75, 3.05) is 6.61 Å². The highest BCUT2D eigenvalue weighted by Gasteiger charge is 2.05. The Hall–Kier alpha value is -1.26. The Morgan fingerprint density at radius 1 is 1.54 bits per heavy atom. The van der Waals surface area contributed by atoms with Gasteiger partial charge in [-0.15, -0.1) is 11.3 Å². The first-order valence-electron chi connectivity index (χ1n) is 3.78. The summed E-state index contributed by atoms with van der Waals surface area (Å²) in [6, 6.07) is 5.22. The monoisotopic (exact) mass is 193 g/mol. The molecule has 66 valence electrons. The number of aromatic nitrogens is 1. The average Bonchev–Trinajstić information content (AvgIpc) is 2.63. The van der Waals surface area contributed by atoms with Crippen molar-refractivity contribution in [2.45, 2.75) is 0 Å². The van der Waals surface area contributed by atoms with Crippen molar-refractivity contribution < 1.29 is 9.90 Å². The molecule has 1 aromatic heterocycles. The van der Waals surface area contributed by atoms with Crippen LogP contribution in [0.5, 0.6) is 0 Å². The summed E-state index contributed by atoms with van der Waals surface area (Å²) in [6.45, 7) is -0.440. The summed E-state index contributed by atoms with van der Waals surface area (Å²) in [6.07, 6.45) is 0. The van der Waals surface area contributed by atoms with Gasteiger partial charge >= 0.3 is 0 Å². The van der Waals surface area contributed by atoms with Crippen LogP contribution in [0.2, 0.25) is 0 Å². The van der Waals surface area contributed by atoms with Crippen LogP contribution in [0.25, 0.3) is 10.2 Å². The van der Waals surface area contributed by atoms with Gasteiger partial charge in [-0.2, -0.15) is 0 Å². The van der Waals surface area contributed by atoms with E-state index in [4.69, 9.17) is 5.11 Å². The number of carbonyl (C=O) groups excluding carboxylic acids is 1. The van der Waals surface area contributed by atoms with Gasteiger partial charge in [-0.05, 0) is 18.2 Å². The number of benzene rings is 1. The number of nitrogens with zero attached hydrogens (tertiary/aromatic N) is 1. The number of thiazole rings is 1. The van der Waals surface area contributed by atoms with Gasteiger partial charge in [0.15, 0.2) is 5.78 Å². The minimum Gasteiger partial charge on any atom is -0.388 e. The molecule has 0 amide bonds. The third-order valence-corrected chi connectivity index (χ3v) is 2.59. The van der Waals surface area contributed by atoms with Gasteiger partial charge in [0.1, 0.15) is 6.61 Å². The molecule has 0 aliphatic heterocycles. The first-order valence-corrected chi connectivity index (χ1v) is 4.66. The molecule has 0 bridgehead atoms. The van der Waals surface area contributed by atoms with E-state index in [0.29, 0.717) is 5.56 Å². The molecule has 0 saturated heterocycles. The number of hydrogen-bond donors (Lipinski definition) is 1. The summed E-state index contributed by atoms with van der Waals surface area (Å²) in [5, 5.41) is 8.65. The molecular weight excluding hydrogens is 186 g/mol. The lowest BCUT2D eigenvalue weighted by atomic mass is 10.1. The third-order valence-electron chi connectivity index (χ3n) is 1.80. The zero-order valence-electron chi connectivity index (χ0n) is 6.73. The summed E-state index contributed by atoms with van der Waals surface area (Å²) < 4.78 is 0.972. The fourth-order valence-electron chi connectivity index (χ4n) is 1.12. The number of hydrogen-bond acceptors (Lipinski definition) is 4. The van der Waals surface area contributed by atoms with Crippen molar-refractivity contribution in [3.05, 3.63) is 29.3 Å². The number of aliphatic hydroxyl groups is 1. The second-order valence-corrected chi connectivity index (χ2v) is 3.50. The molecule has 0 radical (unpaired) electrons. The summed E-state index contributed by atoms with van der Waals surface area (Å²) in [5.74, 6) is -0.254. The molecule has 1 heterocycles. The van der Waals surface area contributed by atoms with Crippen LogP contribution < -0.4 is 0 Å². The fraction of sp³-hybridized carbons (Fsp3) is 0.111. The first kappa shape index (κ1) is 8.34. The van der Waals surface area contributed by atoms with E-state index in [1.807, 2.05) is 0 Å². The van der Waals surface area contributed by atoms with Crippen LogP contribution in [-0.4, -0.2) is 22.5 Å². The Labute approximate surface area is 78.7 Å². The molecule has 1 aromatic carbocycles. The fourth-order valence-corrected chi connectivity index (χ4v) is 1.84. The highest BCUT2D eigenvalue weighted by atomic mass is 32.1. The molecule has 2 aromatic rings. The largest absolute Gasteiger partial charge is 0.388 e. The van der Waals surface area contributed by atoms with Crippen LogP contribution in [0.3, 0.4) is 0 Å². The Morgan fingerprint density at radius 3 is 3.15 bits per heavy atom.